The van der Waals surface area contributed by atoms with E-state index in [4.69, 9.17) is 9.84 Å². The standard InChI is InChI=1S/C21H24N2O5/c24-11-10-18(25)20(26)23-19-16-9-5-4-8-15(16)12-17(19)22-21(27)28-13-14-6-2-1-3-7-14/h1-9,17-19,24-25H,10-13H2,(H,22,27)(H,23,26)/t17-,18+,19-/m1/s1. The van der Waals surface area contributed by atoms with E-state index in [1.54, 1.807) is 0 Å². The molecule has 0 aromatic heterocycles. The first-order valence-electron chi connectivity index (χ1n) is 9.23. The van der Waals surface area contributed by atoms with E-state index in [0.717, 1.165) is 16.7 Å². The number of nitrogens with one attached hydrogen (secondary N) is 2. The van der Waals surface area contributed by atoms with Gasteiger partial charge in [-0.3, -0.25) is 4.79 Å². The van der Waals surface area contributed by atoms with Crippen molar-refractivity contribution in [3.63, 3.8) is 0 Å². The highest BCUT2D eigenvalue weighted by atomic mass is 16.5. The number of hydrogen-bond acceptors (Lipinski definition) is 5. The molecule has 0 aliphatic heterocycles. The number of aliphatic hydroxyl groups excluding tert-OH is 2. The van der Waals surface area contributed by atoms with E-state index in [9.17, 15) is 14.7 Å². The summed E-state index contributed by atoms with van der Waals surface area (Å²) in [7, 11) is 0. The molecule has 3 rings (SSSR count). The molecule has 28 heavy (non-hydrogen) atoms. The van der Waals surface area contributed by atoms with Gasteiger partial charge < -0.3 is 25.6 Å². The SMILES string of the molecule is O=C(N[C@@H]1Cc2ccccc2[C@H]1NC(=O)[C@@H](O)CCO)OCc1ccccc1. The summed E-state index contributed by atoms with van der Waals surface area (Å²) >= 11 is 0. The monoisotopic (exact) mass is 384 g/mol. The Balaban J connectivity index is 1.65. The largest absolute Gasteiger partial charge is 0.445 e. The quantitative estimate of drug-likeness (QED) is 0.578. The number of amides is 2. The van der Waals surface area contributed by atoms with E-state index >= 15 is 0 Å². The second-order valence-electron chi connectivity index (χ2n) is 6.73. The summed E-state index contributed by atoms with van der Waals surface area (Å²) in [6, 6.07) is 16.1. The van der Waals surface area contributed by atoms with E-state index in [1.165, 1.54) is 0 Å². The summed E-state index contributed by atoms with van der Waals surface area (Å²) in [5.41, 5.74) is 2.78. The smallest absolute Gasteiger partial charge is 0.407 e. The number of alkyl carbamates (subject to hydrolysis) is 1. The zero-order chi connectivity index (χ0) is 19.9. The molecule has 0 heterocycles. The third-order valence-corrected chi connectivity index (χ3v) is 4.75. The van der Waals surface area contributed by atoms with Crippen molar-refractivity contribution in [3.05, 3.63) is 71.3 Å². The number of aliphatic hydroxyl groups is 2. The van der Waals surface area contributed by atoms with Crippen LogP contribution >= 0.6 is 0 Å². The lowest BCUT2D eigenvalue weighted by Crippen LogP contribution is -2.47. The fourth-order valence-electron chi connectivity index (χ4n) is 3.33. The zero-order valence-electron chi connectivity index (χ0n) is 15.4. The molecule has 0 radical (unpaired) electrons. The van der Waals surface area contributed by atoms with Gasteiger partial charge in [-0.15, -0.1) is 0 Å². The van der Waals surface area contributed by atoms with E-state index < -0.39 is 30.2 Å². The Morgan fingerprint density at radius 2 is 1.79 bits per heavy atom. The van der Waals surface area contributed by atoms with Gasteiger partial charge in [0.25, 0.3) is 0 Å². The van der Waals surface area contributed by atoms with Crippen LogP contribution in [0.2, 0.25) is 0 Å². The number of hydrogen-bond donors (Lipinski definition) is 4. The average Bonchev–Trinajstić information content (AvgIpc) is 3.04. The Hall–Kier alpha value is -2.90. The summed E-state index contributed by atoms with van der Waals surface area (Å²) in [5, 5.41) is 24.3. The van der Waals surface area contributed by atoms with Crippen molar-refractivity contribution in [2.75, 3.05) is 6.61 Å². The molecule has 0 saturated carbocycles. The molecule has 2 aromatic carbocycles. The highest BCUT2D eigenvalue weighted by molar-refractivity contribution is 5.81. The molecule has 0 spiro atoms. The van der Waals surface area contributed by atoms with E-state index in [-0.39, 0.29) is 19.6 Å². The van der Waals surface area contributed by atoms with E-state index in [1.807, 2.05) is 54.6 Å². The number of rotatable bonds is 7. The van der Waals surface area contributed by atoms with Crippen molar-refractivity contribution < 1.29 is 24.5 Å². The van der Waals surface area contributed by atoms with Gasteiger partial charge in [-0.25, -0.2) is 4.79 Å². The molecular formula is C21H24N2O5. The third kappa shape index (κ3) is 4.88. The van der Waals surface area contributed by atoms with Crippen LogP contribution in [-0.2, 0) is 22.6 Å². The third-order valence-electron chi connectivity index (χ3n) is 4.75. The lowest BCUT2D eigenvalue weighted by atomic mass is 10.1. The lowest BCUT2D eigenvalue weighted by Gasteiger charge is -2.24. The maximum Gasteiger partial charge on any atom is 0.407 e. The van der Waals surface area contributed by atoms with Crippen LogP contribution in [0, 0.1) is 0 Å². The highest BCUT2D eigenvalue weighted by Gasteiger charge is 2.35. The molecule has 148 valence electrons. The molecule has 3 atom stereocenters. The van der Waals surface area contributed by atoms with Gasteiger partial charge in [0.2, 0.25) is 5.91 Å². The zero-order valence-corrected chi connectivity index (χ0v) is 15.4. The van der Waals surface area contributed by atoms with Crippen LogP contribution in [0.5, 0.6) is 0 Å². The Kier molecular flexibility index (Phi) is 6.62. The van der Waals surface area contributed by atoms with Crippen molar-refractivity contribution in [3.8, 4) is 0 Å². The minimum Gasteiger partial charge on any atom is -0.445 e. The fourth-order valence-corrected chi connectivity index (χ4v) is 3.33. The van der Waals surface area contributed by atoms with Gasteiger partial charge in [0.15, 0.2) is 0 Å². The van der Waals surface area contributed by atoms with Gasteiger partial charge >= 0.3 is 6.09 Å². The molecule has 7 heteroatoms. The van der Waals surface area contributed by atoms with Gasteiger partial charge in [-0.2, -0.15) is 0 Å². The molecule has 0 saturated heterocycles. The molecule has 2 aromatic rings. The van der Waals surface area contributed by atoms with E-state index in [2.05, 4.69) is 10.6 Å². The maximum absolute atomic E-state index is 12.3. The molecule has 4 N–H and O–H groups in total. The van der Waals surface area contributed by atoms with Crippen LogP contribution in [0.25, 0.3) is 0 Å². The van der Waals surface area contributed by atoms with Crippen LogP contribution in [0.4, 0.5) is 4.79 Å². The minimum atomic E-state index is -1.30. The number of benzene rings is 2. The Bertz CT molecular complexity index is 811. The predicted octanol–water partition coefficient (Wildman–Crippen LogP) is 1.44. The average molecular weight is 384 g/mol. The van der Waals surface area contributed by atoms with Gasteiger partial charge in [-0.1, -0.05) is 54.6 Å². The summed E-state index contributed by atoms with van der Waals surface area (Å²) in [6.45, 7) is -0.137. The fraction of sp³-hybridized carbons (Fsp3) is 0.333. The van der Waals surface area contributed by atoms with Crippen LogP contribution in [0.15, 0.2) is 54.6 Å². The molecule has 2 amide bonds. The molecular weight excluding hydrogens is 360 g/mol. The first-order chi connectivity index (χ1) is 13.6. The summed E-state index contributed by atoms with van der Waals surface area (Å²) in [5.74, 6) is -0.583. The summed E-state index contributed by atoms with van der Waals surface area (Å²) < 4.78 is 5.28. The normalized spacial score (nSPS) is 18.8. The Labute approximate surface area is 163 Å². The topological polar surface area (TPSA) is 108 Å². The van der Waals surface area contributed by atoms with Crippen molar-refractivity contribution in [1.82, 2.24) is 10.6 Å². The van der Waals surface area contributed by atoms with Gasteiger partial charge in [0.1, 0.15) is 12.7 Å². The van der Waals surface area contributed by atoms with Crippen molar-refractivity contribution in [2.24, 2.45) is 0 Å². The second-order valence-corrected chi connectivity index (χ2v) is 6.73. The number of carbonyl (C=O) groups excluding carboxylic acids is 2. The number of fused-ring (bicyclic) bond motifs is 1. The molecule has 0 bridgehead atoms. The van der Waals surface area contributed by atoms with Crippen LogP contribution in [-0.4, -0.2) is 41.0 Å². The first kappa shape index (κ1) is 19.9. The highest BCUT2D eigenvalue weighted by Crippen LogP contribution is 2.31. The summed E-state index contributed by atoms with van der Waals surface area (Å²) in [4.78, 5) is 24.5. The minimum absolute atomic E-state index is 0.0442. The second kappa shape index (κ2) is 9.34. The van der Waals surface area contributed by atoms with Gasteiger partial charge in [0, 0.05) is 13.0 Å². The number of carbonyl (C=O) groups is 2. The molecule has 1 aliphatic carbocycles. The molecule has 0 unspecified atom stereocenters. The maximum atomic E-state index is 12.3. The Morgan fingerprint density at radius 3 is 2.54 bits per heavy atom. The van der Waals surface area contributed by atoms with Crippen LogP contribution < -0.4 is 10.6 Å². The molecule has 1 aliphatic rings. The van der Waals surface area contributed by atoms with Gasteiger partial charge in [-0.05, 0) is 23.1 Å². The van der Waals surface area contributed by atoms with Crippen molar-refractivity contribution in [2.45, 2.75) is 37.6 Å². The number of ether oxygens (including phenoxy) is 1. The van der Waals surface area contributed by atoms with Crippen LogP contribution in [0.3, 0.4) is 0 Å². The molecule has 0 fully saturated rings. The summed E-state index contributed by atoms with van der Waals surface area (Å²) in [6.07, 6.45) is -1.38. The van der Waals surface area contributed by atoms with E-state index in [0.29, 0.717) is 6.42 Å². The predicted molar refractivity (Wildman–Crippen MR) is 102 cm³/mol. The first-order valence-corrected chi connectivity index (χ1v) is 9.23. The van der Waals surface area contributed by atoms with Crippen LogP contribution in [0.1, 0.15) is 29.2 Å². The molecule has 7 nitrogen and oxygen atoms in total. The van der Waals surface area contributed by atoms with Crippen molar-refractivity contribution in [1.29, 1.82) is 0 Å². The lowest BCUT2D eigenvalue weighted by molar-refractivity contribution is -0.131. The van der Waals surface area contributed by atoms with Crippen molar-refractivity contribution >= 4 is 12.0 Å². The van der Waals surface area contributed by atoms with Gasteiger partial charge in [0.05, 0.1) is 12.1 Å². The Morgan fingerprint density at radius 1 is 1.07 bits per heavy atom.